The molecule has 0 unspecified atom stereocenters. The van der Waals surface area contributed by atoms with Gasteiger partial charge in [0.1, 0.15) is 0 Å². The second kappa shape index (κ2) is 3.68. The molecule has 2 heterocycles. The lowest BCUT2D eigenvalue weighted by Gasteiger charge is -2.14. The molecule has 0 aromatic carbocycles. The Balaban J connectivity index is 2.28. The zero-order valence-corrected chi connectivity index (χ0v) is 7.88. The summed E-state index contributed by atoms with van der Waals surface area (Å²) in [5, 5.41) is 11.6. The smallest absolute Gasteiger partial charge is 0.309 e. The van der Waals surface area contributed by atoms with Gasteiger partial charge in [-0.15, -0.1) is 0 Å². The topological polar surface area (TPSA) is 79.3 Å². The van der Waals surface area contributed by atoms with Crippen LogP contribution >= 0.6 is 0 Å². The third-order valence-corrected chi connectivity index (χ3v) is 2.48. The molecule has 1 fully saturated rings. The average molecular weight is 206 g/mol. The molecule has 0 aliphatic carbocycles. The van der Waals surface area contributed by atoms with Gasteiger partial charge >= 0.3 is 5.97 Å². The van der Waals surface area contributed by atoms with Crippen molar-refractivity contribution in [2.45, 2.75) is 12.5 Å². The number of carbonyl (C=O) groups excluding carboxylic acids is 1. The van der Waals surface area contributed by atoms with Crippen molar-refractivity contribution in [1.82, 2.24) is 10.3 Å². The van der Waals surface area contributed by atoms with E-state index >= 15 is 0 Å². The second-order valence-electron chi connectivity index (χ2n) is 3.48. The number of carboxylic acid groups (broad SMARTS) is 1. The molecule has 15 heavy (non-hydrogen) atoms. The van der Waals surface area contributed by atoms with Gasteiger partial charge in [-0.05, 0) is 11.6 Å². The number of nitrogens with one attached hydrogen (secondary N) is 1. The van der Waals surface area contributed by atoms with Crippen molar-refractivity contribution < 1.29 is 14.7 Å². The van der Waals surface area contributed by atoms with Gasteiger partial charge in [-0.3, -0.25) is 14.6 Å². The van der Waals surface area contributed by atoms with E-state index in [0.29, 0.717) is 0 Å². The van der Waals surface area contributed by atoms with E-state index in [2.05, 4.69) is 10.3 Å². The minimum absolute atomic E-state index is 0.0366. The molecule has 1 aliphatic heterocycles. The number of nitrogens with zero attached hydrogens (tertiary/aromatic N) is 1. The van der Waals surface area contributed by atoms with Crippen LogP contribution in [0.3, 0.4) is 0 Å². The number of hydrogen-bond donors (Lipinski definition) is 2. The van der Waals surface area contributed by atoms with E-state index in [1.54, 1.807) is 24.5 Å². The summed E-state index contributed by atoms with van der Waals surface area (Å²) in [6.07, 6.45) is 3.22. The van der Waals surface area contributed by atoms with Crippen LogP contribution in [-0.4, -0.2) is 22.0 Å². The number of aromatic nitrogens is 1. The second-order valence-corrected chi connectivity index (χ2v) is 3.48. The summed E-state index contributed by atoms with van der Waals surface area (Å²) in [6.45, 7) is 0. The largest absolute Gasteiger partial charge is 0.481 e. The van der Waals surface area contributed by atoms with Crippen molar-refractivity contribution >= 4 is 11.9 Å². The highest BCUT2D eigenvalue weighted by Gasteiger charge is 2.38. The summed E-state index contributed by atoms with van der Waals surface area (Å²) >= 11 is 0. The van der Waals surface area contributed by atoms with Crippen molar-refractivity contribution in [3.63, 3.8) is 0 Å². The maximum absolute atomic E-state index is 11.1. The molecular weight excluding hydrogens is 196 g/mol. The number of amides is 1. The number of pyridine rings is 1. The molecule has 1 aromatic heterocycles. The van der Waals surface area contributed by atoms with Crippen LogP contribution in [0.15, 0.2) is 24.5 Å². The Hall–Kier alpha value is -1.91. The van der Waals surface area contributed by atoms with Crippen LogP contribution in [0.25, 0.3) is 0 Å². The molecule has 2 rings (SSSR count). The maximum Gasteiger partial charge on any atom is 0.309 e. The van der Waals surface area contributed by atoms with E-state index in [1.165, 1.54) is 0 Å². The molecule has 1 aromatic rings. The molecule has 2 atom stereocenters. The van der Waals surface area contributed by atoms with E-state index in [0.717, 1.165) is 5.56 Å². The normalized spacial score (nSPS) is 24.9. The van der Waals surface area contributed by atoms with Gasteiger partial charge in [-0.2, -0.15) is 0 Å². The fourth-order valence-corrected chi connectivity index (χ4v) is 1.76. The first-order valence-electron chi connectivity index (χ1n) is 4.60. The first kappa shape index (κ1) is 9.64. The zero-order valence-electron chi connectivity index (χ0n) is 7.88. The van der Waals surface area contributed by atoms with Crippen LogP contribution in [0, 0.1) is 5.92 Å². The Kier molecular flexibility index (Phi) is 2.37. The molecule has 5 heteroatoms. The average Bonchev–Trinajstić information content (AvgIpc) is 2.62. The third kappa shape index (κ3) is 1.81. The van der Waals surface area contributed by atoms with Gasteiger partial charge in [0.15, 0.2) is 0 Å². The first-order valence-corrected chi connectivity index (χ1v) is 4.60. The van der Waals surface area contributed by atoms with E-state index in [4.69, 9.17) is 5.11 Å². The quantitative estimate of drug-likeness (QED) is 0.731. The number of aliphatic carboxylic acids is 1. The fourth-order valence-electron chi connectivity index (χ4n) is 1.76. The van der Waals surface area contributed by atoms with Crippen LogP contribution < -0.4 is 5.32 Å². The predicted molar refractivity (Wildman–Crippen MR) is 50.9 cm³/mol. The Labute approximate surface area is 86.1 Å². The van der Waals surface area contributed by atoms with Gasteiger partial charge in [0.05, 0.1) is 12.0 Å². The summed E-state index contributed by atoms with van der Waals surface area (Å²) in [5.74, 6) is -1.87. The minimum atomic E-state index is -0.956. The molecule has 1 aliphatic rings. The molecule has 1 saturated heterocycles. The number of rotatable bonds is 2. The van der Waals surface area contributed by atoms with Crippen LogP contribution in [0.5, 0.6) is 0 Å². The molecule has 0 spiro atoms. The lowest BCUT2D eigenvalue weighted by atomic mass is 9.95. The molecule has 0 bridgehead atoms. The lowest BCUT2D eigenvalue weighted by molar-refractivity contribution is -0.142. The Morgan fingerprint density at radius 3 is 3.00 bits per heavy atom. The molecular formula is C10H10N2O3. The molecule has 1 amide bonds. The van der Waals surface area contributed by atoms with Crippen LogP contribution in [0.4, 0.5) is 0 Å². The predicted octanol–water partition coefficient (Wildman–Crippen LogP) is 0.343. The highest BCUT2D eigenvalue weighted by Crippen LogP contribution is 2.29. The van der Waals surface area contributed by atoms with Gasteiger partial charge in [0.25, 0.3) is 0 Å². The summed E-state index contributed by atoms with van der Waals surface area (Å²) in [5.41, 5.74) is 0.732. The summed E-state index contributed by atoms with van der Waals surface area (Å²) in [7, 11) is 0. The molecule has 5 nitrogen and oxygen atoms in total. The monoisotopic (exact) mass is 206 g/mol. The molecule has 0 radical (unpaired) electrons. The molecule has 78 valence electrons. The van der Waals surface area contributed by atoms with E-state index in [1.807, 2.05) is 0 Å². The van der Waals surface area contributed by atoms with E-state index < -0.39 is 17.9 Å². The van der Waals surface area contributed by atoms with E-state index in [-0.39, 0.29) is 12.3 Å². The third-order valence-electron chi connectivity index (χ3n) is 2.48. The summed E-state index contributed by atoms with van der Waals surface area (Å²) < 4.78 is 0. The lowest BCUT2D eigenvalue weighted by Crippen LogP contribution is -2.24. The van der Waals surface area contributed by atoms with Crippen molar-refractivity contribution in [2.75, 3.05) is 0 Å². The summed E-state index contributed by atoms with van der Waals surface area (Å²) in [6, 6.07) is 3.03. The first-order chi connectivity index (χ1) is 7.18. The Morgan fingerprint density at radius 2 is 2.40 bits per heavy atom. The standard InChI is InChI=1S/C10H10N2O3/c13-8-4-7(10(14)15)9(12-8)6-2-1-3-11-5-6/h1-3,5,7,9H,4H2,(H,12,13)(H,14,15)/t7-,9+/m0/s1. The number of carbonyl (C=O) groups is 2. The van der Waals surface area contributed by atoms with E-state index in [9.17, 15) is 9.59 Å². The minimum Gasteiger partial charge on any atom is -0.481 e. The Morgan fingerprint density at radius 1 is 1.60 bits per heavy atom. The SMILES string of the molecule is O=C1C[C@H](C(=O)O)[C@@H](c2cccnc2)N1. The fraction of sp³-hybridized carbons (Fsp3) is 0.300. The highest BCUT2D eigenvalue weighted by molar-refractivity contribution is 5.87. The van der Waals surface area contributed by atoms with Crippen LogP contribution in [-0.2, 0) is 9.59 Å². The van der Waals surface area contributed by atoms with Gasteiger partial charge in [0.2, 0.25) is 5.91 Å². The van der Waals surface area contributed by atoms with Crippen LogP contribution in [0.2, 0.25) is 0 Å². The number of hydrogen-bond acceptors (Lipinski definition) is 3. The van der Waals surface area contributed by atoms with Gasteiger partial charge in [-0.25, -0.2) is 0 Å². The van der Waals surface area contributed by atoms with Crippen molar-refractivity contribution in [3.05, 3.63) is 30.1 Å². The van der Waals surface area contributed by atoms with Crippen LogP contribution in [0.1, 0.15) is 18.0 Å². The van der Waals surface area contributed by atoms with Crippen molar-refractivity contribution in [1.29, 1.82) is 0 Å². The summed E-state index contributed by atoms with van der Waals surface area (Å²) in [4.78, 5) is 26.0. The number of carboxylic acids is 1. The highest BCUT2D eigenvalue weighted by atomic mass is 16.4. The van der Waals surface area contributed by atoms with Crippen molar-refractivity contribution in [3.8, 4) is 0 Å². The Bertz CT molecular complexity index is 391. The van der Waals surface area contributed by atoms with Crippen molar-refractivity contribution in [2.24, 2.45) is 5.92 Å². The van der Waals surface area contributed by atoms with Gasteiger partial charge < -0.3 is 10.4 Å². The van der Waals surface area contributed by atoms with Gasteiger partial charge in [-0.1, -0.05) is 6.07 Å². The maximum atomic E-state index is 11.1. The molecule has 0 saturated carbocycles. The zero-order chi connectivity index (χ0) is 10.8. The van der Waals surface area contributed by atoms with Gasteiger partial charge in [0, 0.05) is 18.8 Å². The molecule has 2 N–H and O–H groups in total.